The van der Waals surface area contributed by atoms with Crippen LogP contribution in [0.15, 0.2) is 42.5 Å². The maximum Gasteiger partial charge on any atom is 0.417 e. The van der Waals surface area contributed by atoms with Crippen molar-refractivity contribution in [3.05, 3.63) is 64.7 Å². The van der Waals surface area contributed by atoms with Crippen LogP contribution >= 0.6 is 0 Å². The van der Waals surface area contributed by atoms with Gasteiger partial charge < -0.3 is 15.0 Å². The molecule has 1 heterocycles. The lowest BCUT2D eigenvalue weighted by atomic mass is 9.84. The lowest BCUT2D eigenvalue weighted by molar-refractivity contribution is -0.140. The van der Waals surface area contributed by atoms with E-state index in [2.05, 4.69) is 50.4 Å². The van der Waals surface area contributed by atoms with Crippen LogP contribution in [0.5, 0.6) is 0 Å². The average molecular weight is 542 g/mol. The number of nitrogens with zero attached hydrogens (tertiary/aromatic N) is 2. The van der Waals surface area contributed by atoms with Gasteiger partial charge >= 0.3 is 6.18 Å². The van der Waals surface area contributed by atoms with Gasteiger partial charge in [0.25, 0.3) is 0 Å². The van der Waals surface area contributed by atoms with Crippen molar-refractivity contribution in [1.29, 1.82) is 5.26 Å². The maximum atomic E-state index is 13.2. The zero-order valence-electron chi connectivity index (χ0n) is 23.0. The third kappa shape index (κ3) is 7.54. The summed E-state index contributed by atoms with van der Waals surface area (Å²) in [6.07, 6.45) is 0.232. The molecule has 1 aliphatic heterocycles. The van der Waals surface area contributed by atoms with Crippen LogP contribution in [0.3, 0.4) is 0 Å². The number of nitriles is 1. The first-order valence-corrected chi connectivity index (χ1v) is 13.8. The summed E-state index contributed by atoms with van der Waals surface area (Å²) >= 11 is 0. The number of anilines is 1. The van der Waals surface area contributed by atoms with Crippen molar-refractivity contribution >= 4 is 11.6 Å². The largest absolute Gasteiger partial charge is 0.417 e. The summed E-state index contributed by atoms with van der Waals surface area (Å²) in [6, 6.07) is 14.2. The normalized spacial score (nSPS) is 20.9. The highest BCUT2D eigenvalue weighted by Gasteiger charge is 2.34. The predicted octanol–water partition coefficient (Wildman–Crippen LogP) is 7.02. The number of halogens is 3. The fourth-order valence-corrected chi connectivity index (χ4v) is 5.57. The fourth-order valence-electron chi connectivity index (χ4n) is 5.57. The summed E-state index contributed by atoms with van der Waals surface area (Å²) in [5, 5.41) is 12.1. The highest BCUT2D eigenvalue weighted by molar-refractivity contribution is 5.77. The van der Waals surface area contributed by atoms with E-state index in [4.69, 9.17) is 10.00 Å². The van der Waals surface area contributed by atoms with E-state index in [1.165, 1.54) is 23.3 Å². The summed E-state index contributed by atoms with van der Waals surface area (Å²) in [4.78, 5) is 14.7. The zero-order valence-corrected chi connectivity index (χ0v) is 23.0. The van der Waals surface area contributed by atoms with Crippen molar-refractivity contribution < 1.29 is 22.7 Å². The van der Waals surface area contributed by atoms with Gasteiger partial charge in [-0.2, -0.15) is 18.4 Å². The van der Waals surface area contributed by atoms with Gasteiger partial charge in [-0.25, -0.2) is 0 Å². The lowest BCUT2D eigenvalue weighted by Crippen LogP contribution is -2.41. The molecule has 0 bridgehead atoms. The maximum absolute atomic E-state index is 13.2. The summed E-state index contributed by atoms with van der Waals surface area (Å²) in [5.41, 5.74) is 1.85. The minimum absolute atomic E-state index is 0.0195. The van der Waals surface area contributed by atoms with Gasteiger partial charge in [0.2, 0.25) is 5.91 Å². The van der Waals surface area contributed by atoms with Crippen LogP contribution in [0.25, 0.3) is 0 Å². The molecule has 8 heteroatoms. The van der Waals surface area contributed by atoms with E-state index in [9.17, 15) is 18.0 Å². The number of hydrogen-bond donors (Lipinski definition) is 1. The zero-order chi connectivity index (χ0) is 28.2. The van der Waals surface area contributed by atoms with E-state index >= 15 is 0 Å². The molecule has 39 heavy (non-hydrogen) atoms. The molecule has 2 aromatic carbocycles. The Morgan fingerprint density at radius 2 is 1.64 bits per heavy atom. The summed E-state index contributed by atoms with van der Waals surface area (Å²) in [5.74, 6) is 0.490. The molecule has 0 aromatic heterocycles. The van der Waals surface area contributed by atoms with Crippen molar-refractivity contribution in [2.24, 2.45) is 0 Å². The van der Waals surface area contributed by atoms with Crippen LogP contribution in [-0.2, 0) is 21.1 Å². The topological polar surface area (TPSA) is 65.4 Å². The standard InChI is InChI=1S/C31H38F3N3O2/c1-30(2,3)24-7-4-21(5-8-24)22-14-16-37(17-15-22)29(38)20-39-27-12-10-25(11-13-27)36-26-9-6-23(19-35)28(18-26)31(32,33)34/h4-9,18,22,25,27,36H,10-17,20H2,1-3H3/t25-,27-. The molecule has 1 saturated carbocycles. The van der Waals surface area contributed by atoms with Crippen molar-refractivity contribution in [3.8, 4) is 6.07 Å². The molecule has 0 atom stereocenters. The van der Waals surface area contributed by atoms with Gasteiger partial charge in [0.1, 0.15) is 6.61 Å². The molecule has 2 fully saturated rings. The Labute approximate surface area is 229 Å². The average Bonchev–Trinajstić information content (AvgIpc) is 2.91. The van der Waals surface area contributed by atoms with E-state index in [-0.39, 0.29) is 35.6 Å². The summed E-state index contributed by atoms with van der Waals surface area (Å²) < 4.78 is 45.7. The molecule has 1 saturated heterocycles. The number of alkyl halides is 3. The lowest BCUT2D eigenvalue weighted by Gasteiger charge is -2.34. The second kappa shape index (κ2) is 12.0. The number of amides is 1. The number of hydrogen-bond acceptors (Lipinski definition) is 4. The first-order chi connectivity index (χ1) is 18.4. The van der Waals surface area contributed by atoms with E-state index in [0.717, 1.165) is 57.7 Å². The first kappa shape index (κ1) is 28.9. The molecular formula is C31H38F3N3O2. The number of likely N-dealkylation sites (tertiary alicyclic amines) is 1. The van der Waals surface area contributed by atoms with E-state index in [1.807, 2.05) is 4.90 Å². The van der Waals surface area contributed by atoms with Crippen molar-refractivity contribution in [1.82, 2.24) is 4.90 Å². The second-order valence-corrected chi connectivity index (χ2v) is 11.8. The SMILES string of the molecule is CC(C)(C)c1ccc(C2CCN(C(=O)CO[C@H]3CC[C@H](Nc4ccc(C#N)c(C(F)(F)F)c4)CC3)CC2)cc1. The van der Waals surface area contributed by atoms with Gasteiger partial charge in [0, 0.05) is 24.8 Å². The molecule has 0 spiro atoms. The Hall–Kier alpha value is -3.05. The number of carbonyl (C=O) groups is 1. The van der Waals surface area contributed by atoms with Crippen LogP contribution in [0.2, 0.25) is 0 Å². The molecule has 0 radical (unpaired) electrons. The number of nitrogens with one attached hydrogen (secondary N) is 1. The number of carbonyl (C=O) groups excluding carboxylic acids is 1. The van der Waals surface area contributed by atoms with Gasteiger partial charge in [-0.15, -0.1) is 0 Å². The summed E-state index contributed by atoms with van der Waals surface area (Å²) in [6.45, 7) is 8.17. The molecule has 1 aliphatic carbocycles. The molecule has 1 amide bonds. The van der Waals surface area contributed by atoms with Crippen molar-refractivity contribution in [2.75, 3.05) is 25.0 Å². The number of benzene rings is 2. The van der Waals surface area contributed by atoms with Crippen LogP contribution < -0.4 is 5.32 Å². The summed E-state index contributed by atoms with van der Waals surface area (Å²) in [7, 11) is 0. The Morgan fingerprint density at radius 1 is 1.00 bits per heavy atom. The monoisotopic (exact) mass is 541 g/mol. The van der Waals surface area contributed by atoms with Crippen molar-refractivity contribution in [2.45, 2.75) is 89.0 Å². The number of ether oxygens (including phenoxy) is 1. The van der Waals surface area contributed by atoms with Crippen LogP contribution in [-0.4, -0.2) is 42.6 Å². The highest BCUT2D eigenvalue weighted by atomic mass is 19.4. The van der Waals surface area contributed by atoms with E-state index in [1.54, 1.807) is 6.07 Å². The van der Waals surface area contributed by atoms with Crippen LogP contribution in [0, 0.1) is 11.3 Å². The Kier molecular flexibility index (Phi) is 8.90. The Morgan fingerprint density at radius 3 is 2.21 bits per heavy atom. The first-order valence-electron chi connectivity index (χ1n) is 13.8. The quantitative estimate of drug-likeness (QED) is 0.427. The second-order valence-electron chi connectivity index (χ2n) is 11.8. The molecule has 5 nitrogen and oxygen atoms in total. The van der Waals surface area contributed by atoms with Crippen molar-refractivity contribution in [3.63, 3.8) is 0 Å². The molecule has 1 N–H and O–H groups in total. The molecule has 4 rings (SSSR count). The van der Waals surface area contributed by atoms with Gasteiger partial charge in [-0.05, 0) is 79.2 Å². The Balaban J connectivity index is 1.18. The van der Waals surface area contributed by atoms with Gasteiger partial charge in [-0.3, -0.25) is 4.79 Å². The predicted molar refractivity (Wildman–Crippen MR) is 145 cm³/mol. The molecule has 0 unspecified atom stereocenters. The van der Waals surface area contributed by atoms with Gasteiger partial charge in [0.05, 0.1) is 23.3 Å². The third-order valence-corrected chi connectivity index (χ3v) is 8.03. The smallest absolute Gasteiger partial charge is 0.382 e. The fraction of sp³-hybridized carbons (Fsp3) is 0.548. The van der Waals surface area contributed by atoms with Gasteiger partial charge in [-0.1, -0.05) is 45.0 Å². The van der Waals surface area contributed by atoms with E-state index in [0.29, 0.717) is 11.6 Å². The minimum atomic E-state index is -4.58. The molecule has 2 aromatic rings. The minimum Gasteiger partial charge on any atom is -0.382 e. The molecule has 2 aliphatic rings. The van der Waals surface area contributed by atoms with Gasteiger partial charge in [0.15, 0.2) is 0 Å². The molecular weight excluding hydrogens is 503 g/mol. The van der Waals surface area contributed by atoms with Crippen LogP contribution in [0.4, 0.5) is 18.9 Å². The van der Waals surface area contributed by atoms with E-state index < -0.39 is 11.7 Å². The third-order valence-electron chi connectivity index (χ3n) is 8.03. The Bertz CT molecular complexity index is 1170. The number of piperidine rings is 1. The number of rotatable bonds is 6. The highest BCUT2D eigenvalue weighted by Crippen LogP contribution is 2.35. The molecule has 210 valence electrons. The van der Waals surface area contributed by atoms with Crippen LogP contribution in [0.1, 0.15) is 87.5 Å².